The molecule has 0 spiro atoms. The van der Waals surface area contributed by atoms with Gasteiger partial charge in [-0.15, -0.1) is 11.3 Å². The second-order valence-corrected chi connectivity index (χ2v) is 8.32. The molecule has 3 heterocycles. The number of aromatic nitrogens is 3. The lowest BCUT2D eigenvalue weighted by molar-refractivity contribution is -0.120. The van der Waals surface area contributed by atoms with Crippen LogP contribution in [0.25, 0.3) is 11.3 Å². The highest BCUT2D eigenvalue weighted by Crippen LogP contribution is 2.41. The van der Waals surface area contributed by atoms with E-state index in [9.17, 15) is 4.79 Å². The molecule has 3 aliphatic rings. The Hall–Kier alpha value is -1.73. The van der Waals surface area contributed by atoms with Gasteiger partial charge in [-0.3, -0.25) is 14.4 Å². The number of anilines is 1. The molecule has 0 N–H and O–H groups in total. The molecule has 132 valence electrons. The van der Waals surface area contributed by atoms with Gasteiger partial charge in [0, 0.05) is 35.7 Å². The number of carbonyl (C=O) groups excluding carboxylic acids is 1. The fourth-order valence-corrected chi connectivity index (χ4v) is 4.92. The first kappa shape index (κ1) is 15.5. The molecule has 7 heteroatoms. The fraction of sp³-hybridized carbons (Fsp3) is 0.611. The Bertz CT molecular complexity index is 817. The number of amides is 1. The van der Waals surface area contributed by atoms with Crippen molar-refractivity contribution in [1.82, 2.24) is 14.8 Å². The van der Waals surface area contributed by atoms with E-state index in [0.717, 1.165) is 61.5 Å². The monoisotopic (exact) mass is 358 g/mol. The SMILES string of the molecule is Cn1ncc2c1CCc1sc(N(C[C@H]3CCCO3)C(=O)C3CC3)nc1-2. The third-order valence-corrected chi connectivity index (χ3v) is 6.56. The van der Waals surface area contributed by atoms with Crippen molar-refractivity contribution >= 4 is 22.4 Å². The third kappa shape index (κ3) is 2.69. The van der Waals surface area contributed by atoms with Gasteiger partial charge in [0.2, 0.25) is 5.91 Å². The summed E-state index contributed by atoms with van der Waals surface area (Å²) in [5.74, 6) is 0.421. The molecule has 1 atom stereocenters. The van der Waals surface area contributed by atoms with Crippen LogP contribution < -0.4 is 4.90 Å². The lowest BCUT2D eigenvalue weighted by Gasteiger charge is -2.23. The number of hydrogen-bond donors (Lipinski definition) is 0. The Balaban J connectivity index is 1.49. The summed E-state index contributed by atoms with van der Waals surface area (Å²) < 4.78 is 7.73. The number of rotatable bonds is 4. The number of aryl methyl sites for hydroxylation is 2. The molecule has 0 aromatic carbocycles. The van der Waals surface area contributed by atoms with E-state index in [1.165, 1.54) is 10.6 Å². The van der Waals surface area contributed by atoms with Crippen molar-refractivity contribution in [3.63, 3.8) is 0 Å². The van der Waals surface area contributed by atoms with E-state index in [4.69, 9.17) is 9.72 Å². The van der Waals surface area contributed by atoms with Crippen molar-refractivity contribution in [1.29, 1.82) is 0 Å². The van der Waals surface area contributed by atoms with Crippen LogP contribution in [-0.4, -0.2) is 39.9 Å². The van der Waals surface area contributed by atoms with Crippen LogP contribution in [0.3, 0.4) is 0 Å². The van der Waals surface area contributed by atoms with E-state index in [2.05, 4.69) is 5.10 Å². The van der Waals surface area contributed by atoms with Gasteiger partial charge in [-0.1, -0.05) is 0 Å². The highest BCUT2D eigenvalue weighted by Gasteiger charge is 2.37. The lowest BCUT2D eigenvalue weighted by atomic mass is 10.0. The minimum absolute atomic E-state index is 0.151. The lowest BCUT2D eigenvalue weighted by Crippen LogP contribution is -2.38. The largest absolute Gasteiger partial charge is 0.376 e. The molecular formula is C18H22N4O2S. The zero-order valence-electron chi connectivity index (χ0n) is 14.4. The van der Waals surface area contributed by atoms with Crippen LogP contribution >= 0.6 is 11.3 Å². The zero-order chi connectivity index (χ0) is 17.0. The zero-order valence-corrected chi connectivity index (χ0v) is 15.2. The van der Waals surface area contributed by atoms with Gasteiger partial charge < -0.3 is 4.74 Å². The number of ether oxygens (including phenoxy) is 1. The summed E-state index contributed by atoms with van der Waals surface area (Å²) in [4.78, 5) is 21.0. The Morgan fingerprint density at radius 2 is 2.28 bits per heavy atom. The molecule has 25 heavy (non-hydrogen) atoms. The van der Waals surface area contributed by atoms with E-state index in [1.54, 1.807) is 11.3 Å². The first-order valence-electron chi connectivity index (χ1n) is 9.14. The number of nitrogens with zero attached hydrogens (tertiary/aromatic N) is 4. The van der Waals surface area contributed by atoms with Gasteiger partial charge in [0.25, 0.3) is 0 Å². The molecule has 1 aliphatic heterocycles. The molecule has 5 rings (SSSR count). The second-order valence-electron chi connectivity index (χ2n) is 7.25. The Morgan fingerprint density at radius 3 is 3.04 bits per heavy atom. The number of hydrogen-bond acceptors (Lipinski definition) is 5. The smallest absolute Gasteiger partial charge is 0.231 e. The van der Waals surface area contributed by atoms with E-state index in [-0.39, 0.29) is 17.9 Å². The van der Waals surface area contributed by atoms with Crippen molar-refractivity contribution in [2.75, 3.05) is 18.1 Å². The molecule has 0 radical (unpaired) electrons. The Morgan fingerprint density at radius 1 is 1.40 bits per heavy atom. The highest BCUT2D eigenvalue weighted by molar-refractivity contribution is 7.16. The summed E-state index contributed by atoms with van der Waals surface area (Å²) in [5.41, 5.74) is 3.39. The molecule has 2 fully saturated rings. The molecule has 0 bridgehead atoms. The van der Waals surface area contributed by atoms with Crippen LogP contribution in [-0.2, 0) is 29.4 Å². The van der Waals surface area contributed by atoms with Crippen LogP contribution in [0.4, 0.5) is 5.13 Å². The van der Waals surface area contributed by atoms with Crippen molar-refractivity contribution in [3.05, 3.63) is 16.8 Å². The van der Waals surface area contributed by atoms with Crippen LogP contribution in [0.1, 0.15) is 36.3 Å². The van der Waals surface area contributed by atoms with Crippen molar-refractivity contribution in [3.8, 4) is 11.3 Å². The van der Waals surface area contributed by atoms with Crippen molar-refractivity contribution in [2.24, 2.45) is 13.0 Å². The standard InChI is InChI=1S/C18H22N4O2S/c1-21-14-6-7-15-16(13(14)9-19-21)20-18(25-15)22(17(23)11-4-5-11)10-12-3-2-8-24-12/h9,11-12H,2-8,10H2,1H3/t12-/m1/s1. The van der Waals surface area contributed by atoms with Gasteiger partial charge in [0.1, 0.15) is 0 Å². The van der Waals surface area contributed by atoms with E-state index in [0.29, 0.717) is 6.54 Å². The maximum absolute atomic E-state index is 12.9. The van der Waals surface area contributed by atoms with Crippen molar-refractivity contribution in [2.45, 2.75) is 44.6 Å². The number of thiazole rings is 1. The fourth-order valence-electron chi connectivity index (χ4n) is 3.83. The summed E-state index contributed by atoms with van der Waals surface area (Å²) >= 11 is 1.67. The van der Waals surface area contributed by atoms with Gasteiger partial charge >= 0.3 is 0 Å². The third-order valence-electron chi connectivity index (χ3n) is 5.43. The highest BCUT2D eigenvalue weighted by atomic mass is 32.1. The topological polar surface area (TPSA) is 60.2 Å². The molecular weight excluding hydrogens is 336 g/mol. The van der Waals surface area contributed by atoms with E-state index < -0.39 is 0 Å². The normalized spacial score (nSPS) is 21.9. The maximum Gasteiger partial charge on any atom is 0.231 e. The van der Waals surface area contributed by atoms with E-state index >= 15 is 0 Å². The molecule has 0 unspecified atom stereocenters. The summed E-state index contributed by atoms with van der Waals surface area (Å²) in [5, 5.41) is 5.23. The molecule has 2 aliphatic carbocycles. The predicted molar refractivity (Wildman–Crippen MR) is 95.8 cm³/mol. The van der Waals surface area contributed by atoms with Gasteiger partial charge in [-0.25, -0.2) is 4.98 Å². The average Bonchev–Trinajstić information content (AvgIpc) is 3.01. The van der Waals surface area contributed by atoms with Gasteiger partial charge in [0.15, 0.2) is 5.13 Å². The Kier molecular flexibility index (Phi) is 3.67. The van der Waals surface area contributed by atoms with Crippen LogP contribution in [0.15, 0.2) is 6.20 Å². The van der Waals surface area contributed by atoms with Crippen LogP contribution in [0, 0.1) is 5.92 Å². The average molecular weight is 358 g/mol. The minimum Gasteiger partial charge on any atom is -0.376 e. The molecule has 1 amide bonds. The molecule has 1 saturated heterocycles. The molecule has 2 aromatic heterocycles. The Labute approximate surface area is 150 Å². The van der Waals surface area contributed by atoms with Gasteiger partial charge in [-0.2, -0.15) is 5.10 Å². The van der Waals surface area contributed by atoms with Crippen LogP contribution in [0.2, 0.25) is 0 Å². The van der Waals surface area contributed by atoms with Gasteiger partial charge in [0.05, 0.1) is 24.5 Å². The minimum atomic E-state index is 0.151. The quantitative estimate of drug-likeness (QED) is 0.843. The molecule has 1 saturated carbocycles. The summed E-state index contributed by atoms with van der Waals surface area (Å²) in [7, 11) is 1.98. The number of fused-ring (bicyclic) bond motifs is 3. The van der Waals surface area contributed by atoms with Crippen LogP contribution in [0.5, 0.6) is 0 Å². The number of carbonyl (C=O) groups is 1. The summed E-state index contributed by atoms with van der Waals surface area (Å²) in [6.07, 6.45) is 8.17. The first-order chi connectivity index (χ1) is 12.2. The maximum atomic E-state index is 12.9. The second kappa shape index (κ2) is 5.92. The first-order valence-corrected chi connectivity index (χ1v) is 9.96. The van der Waals surface area contributed by atoms with E-state index in [1.807, 2.05) is 22.8 Å². The van der Waals surface area contributed by atoms with Crippen molar-refractivity contribution < 1.29 is 9.53 Å². The summed E-state index contributed by atoms with van der Waals surface area (Å²) in [6.45, 7) is 1.45. The van der Waals surface area contributed by atoms with Gasteiger partial charge in [-0.05, 0) is 38.5 Å². The molecule has 6 nitrogen and oxygen atoms in total. The predicted octanol–water partition coefficient (Wildman–Crippen LogP) is 2.56. The molecule has 2 aromatic rings. The summed E-state index contributed by atoms with van der Waals surface area (Å²) in [6, 6.07) is 0.